The van der Waals surface area contributed by atoms with Crippen LogP contribution in [0.3, 0.4) is 0 Å². The maximum absolute atomic E-state index is 6.12. The quantitative estimate of drug-likeness (QED) is 0.852. The number of benzene rings is 1. The molecular formula is C13H22ClNO2. The number of methoxy groups -OCH3 is 2. The summed E-state index contributed by atoms with van der Waals surface area (Å²) in [4.78, 5) is 0. The van der Waals surface area contributed by atoms with Gasteiger partial charge in [0.2, 0.25) is 0 Å². The van der Waals surface area contributed by atoms with Crippen molar-refractivity contribution < 1.29 is 9.47 Å². The van der Waals surface area contributed by atoms with Crippen molar-refractivity contribution in [1.29, 1.82) is 0 Å². The second kappa shape index (κ2) is 8.20. The van der Waals surface area contributed by atoms with Gasteiger partial charge in [0.25, 0.3) is 0 Å². The summed E-state index contributed by atoms with van der Waals surface area (Å²) in [5.74, 6) is 1.59. The molecule has 17 heavy (non-hydrogen) atoms. The average molecular weight is 260 g/mol. The van der Waals surface area contributed by atoms with Crippen LogP contribution in [0.2, 0.25) is 0 Å². The maximum Gasteiger partial charge on any atom is 0.122 e. The SMILES string of the molecule is CCCC[C@@H](N)c1cc(OC)cc(OC)c1.Cl. The van der Waals surface area contributed by atoms with Crippen LogP contribution in [0.5, 0.6) is 11.5 Å². The number of hydrogen-bond donors (Lipinski definition) is 1. The van der Waals surface area contributed by atoms with Crippen molar-refractivity contribution in [2.24, 2.45) is 5.73 Å². The number of hydrogen-bond acceptors (Lipinski definition) is 3. The van der Waals surface area contributed by atoms with E-state index in [1.807, 2.05) is 18.2 Å². The van der Waals surface area contributed by atoms with Crippen molar-refractivity contribution in [3.05, 3.63) is 23.8 Å². The van der Waals surface area contributed by atoms with Gasteiger partial charge in [0, 0.05) is 12.1 Å². The van der Waals surface area contributed by atoms with E-state index in [9.17, 15) is 0 Å². The van der Waals surface area contributed by atoms with E-state index < -0.39 is 0 Å². The van der Waals surface area contributed by atoms with Gasteiger partial charge in [-0.3, -0.25) is 0 Å². The van der Waals surface area contributed by atoms with Gasteiger partial charge in [-0.2, -0.15) is 0 Å². The van der Waals surface area contributed by atoms with Gasteiger partial charge in [-0.15, -0.1) is 12.4 Å². The lowest BCUT2D eigenvalue weighted by Gasteiger charge is -2.14. The average Bonchev–Trinajstić information content (AvgIpc) is 2.35. The second-order valence-corrected chi connectivity index (χ2v) is 3.89. The van der Waals surface area contributed by atoms with Crippen LogP contribution in [0.25, 0.3) is 0 Å². The Balaban J connectivity index is 0.00000256. The Hall–Kier alpha value is -0.930. The standard InChI is InChI=1S/C13H21NO2.ClH/c1-4-5-6-13(14)10-7-11(15-2)9-12(8-10)16-3;/h7-9,13H,4-6,14H2,1-3H3;1H/t13-;/m1./s1. The molecule has 0 fully saturated rings. The fraction of sp³-hybridized carbons (Fsp3) is 0.538. The summed E-state index contributed by atoms with van der Waals surface area (Å²) in [5.41, 5.74) is 7.19. The molecule has 98 valence electrons. The molecule has 0 aliphatic rings. The molecule has 0 heterocycles. The van der Waals surface area contributed by atoms with E-state index in [1.165, 1.54) is 0 Å². The van der Waals surface area contributed by atoms with Crippen LogP contribution in [0.15, 0.2) is 18.2 Å². The Kier molecular flexibility index (Phi) is 7.75. The molecule has 0 aromatic heterocycles. The van der Waals surface area contributed by atoms with Gasteiger partial charge in [0.15, 0.2) is 0 Å². The molecule has 1 aromatic rings. The predicted octanol–water partition coefficient (Wildman–Crippen LogP) is 3.32. The molecule has 0 saturated carbocycles. The van der Waals surface area contributed by atoms with Gasteiger partial charge in [-0.05, 0) is 24.1 Å². The predicted molar refractivity (Wildman–Crippen MR) is 73.2 cm³/mol. The van der Waals surface area contributed by atoms with Crippen molar-refractivity contribution in [3.8, 4) is 11.5 Å². The highest BCUT2D eigenvalue weighted by atomic mass is 35.5. The van der Waals surface area contributed by atoms with Crippen LogP contribution in [0.1, 0.15) is 37.8 Å². The first-order chi connectivity index (χ1) is 7.71. The Labute approximate surface area is 110 Å². The molecule has 0 amide bonds. The van der Waals surface area contributed by atoms with Crippen molar-refractivity contribution in [3.63, 3.8) is 0 Å². The van der Waals surface area contributed by atoms with Crippen molar-refractivity contribution >= 4 is 12.4 Å². The number of rotatable bonds is 6. The molecule has 0 aliphatic heterocycles. The summed E-state index contributed by atoms with van der Waals surface area (Å²) < 4.78 is 10.4. The van der Waals surface area contributed by atoms with Crippen LogP contribution in [-0.2, 0) is 0 Å². The summed E-state index contributed by atoms with van der Waals surface area (Å²) in [6.07, 6.45) is 3.29. The minimum atomic E-state index is 0. The zero-order valence-electron chi connectivity index (χ0n) is 10.7. The van der Waals surface area contributed by atoms with Crippen molar-refractivity contribution in [2.45, 2.75) is 32.2 Å². The number of ether oxygens (including phenoxy) is 2. The lowest BCUT2D eigenvalue weighted by molar-refractivity contribution is 0.392. The Bertz CT molecular complexity index is 309. The number of nitrogens with two attached hydrogens (primary N) is 1. The van der Waals surface area contributed by atoms with Gasteiger partial charge < -0.3 is 15.2 Å². The summed E-state index contributed by atoms with van der Waals surface area (Å²) in [5, 5.41) is 0. The molecule has 1 atom stereocenters. The minimum Gasteiger partial charge on any atom is -0.497 e. The minimum absolute atomic E-state index is 0. The normalized spacial score (nSPS) is 11.5. The first kappa shape index (κ1) is 16.1. The summed E-state index contributed by atoms with van der Waals surface area (Å²) in [6.45, 7) is 2.17. The van der Waals surface area contributed by atoms with Crippen molar-refractivity contribution in [1.82, 2.24) is 0 Å². The van der Waals surface area contributed by atoms with Crippen LogP contribution in [0.4, 0.5) is 0 Å². The highest BCUT2D eigenvalue weighted by Gasteiger charge is 2.09. The molecule has 2 N–H and O–H groups in total. The molecule has 4 heteroatoms. The van der Waals surface area contributed by atoms with Gasteiger partial charge in [-0.25, -0.2) is 0 Å². The summed E-state index contributed by atoms with van der Waals surface area (Å²) in [7, 11) is 3.30. The third-order valence-corrected chi connectivity index (χ3v) is 2.67. The third kappa shape index (κ3) is 4.84. The van der Waals surface area contributed by atoms with Gasteiger partial charge in [0.05, 0.1) is 14.2 Å². The first-order valence-electron chi connectivity index (χ1n) is 5.69. The monoisotopic (exact) mass is 259 g/mol. The Morgan fingerprint density at radius 3 is 2.06 bits per heavy atom. The fourth-order valence-corrected chi connectivity index (χ4v) is 1.63. The molecule has 1 aromatic carbocycles. The van der Waals surface area contributed by atoms with Crippen LogP contribution in [0, 0.1) is 0 Å². The molecule has 0 unspecified atom stereocenters. The van der Waals surface area contributed by atoms with E-state index in [0.717, 1.165) is 36.3 Å². The molecule has 0 aliphatic carbocycles. The van der Waals surface area contributed by atoms with Crippen LogP contribution >= 0.6 is 12.4 Å². The van der Waals surface area contributed by atoms with E-state index in [4.69, 9.17) is 15.2 Å². The molecule has 0 spiro atoms. The lowest BCUT2D eigenvalue weighted by atomic mass is 10.0. The zero-order valence-corrected chi connectivity index (χ0v) is 11.5. The van der Waals surface area contributed by atoms with Gasteiger partial charge in [0.1, 0.15) is 11.5 Å². The highest BCUT2D eigenvalue weighted by molar-refractivity contribution is 5.85. The fourth-order valence-electron chi connectivity index (χ4n) is 1.63. The van der Waals surface area contributed by atoms with E-state index in [-0.39, 0.29) is 18.4 Å². The van der Waals surface area contributed by atoms with Crippen LogP contribution < -0.4 is 15.2 Å². The molecule has 0 radical (unpaired) electrons. The van der Waals surface area contributed by atoms with Gasteiger partial charge in [-0.1, -0.05) is 19.8 Å². The maximum atomic E-state index is 6.12. The van der Waals surface area contributed by atoms with E-state index in [1.54, 1.807) is 14.2 Å². The van der Waals surface area contributed by atoms with Crippen LogP contribution in [-0.4, -0.2) is 14.2 Å². The second-order valence-electron chi connectivity index (χ2n) is 3.89. The van der Waals surface area contributed by atoms with Crippen molar-refractivity contribution in [2.75, 3.05) is 14.2 Å². The number of unbranched alkanes of at least 4 members (excludes halogenated alkanes) is 1. The lowest BCUT2D eigenvalue weighted by Crippen LogP contribution is -2.10. The summed E-state index contributed by atoms with van der Waals surface area (Å²) >= 11 is 0. The first-order valence-corrected chi connectivity index (χ1v) is 5.69. The third-order valence-electron chi connectivity index (χ3n) is 2.67. The van der Waals surface area contributed by atoms with E-state index >= 15 is 0 Å². The smallest absolute Gasteiger partial charge is 0.122 e. The number of halogens is 1. The molecule has 3 nitrogen and oxygen atoms in total. The molecule has 0 bridgehead atoms. The molecule has 1 rings (SSSR count). The largest absolute Gasteiger partial charge is 0.497 e. The Morgan fingerprint density at radius 2 is 1.65 bits per heavy atom. The Morgan fingerprint density at radius 1 is 1.12 bits per heavy atom. The molecule has 0 saturated heterocycles. The zero-order chi connectivity index (χ0) is 12.0. The highest BCUT2D eigenvalue weighted by Crippen LogP contribution is 2.27. The summed E-state index contributed by atoms with van der Waals surface area (Å²) in [6, 6.07) is 5.87. The van der Waals surface area contributed by atoms with E-state index in [0.29, 0.717) is 0 Å². The molecular weight excluding hydrogens is 238 g/mol. The van der Waals surface area contributed by atoms with E-state index in [2.05, 4.69) is 6.92 Å². The van der Waals surface area contributed by atoms with Gasteiger partial charge >= 0.3 is 0 Å². The topological polar surface area (TPSA) is 44.5 Å².